The molecule has 2 rings (SSSR count). The van der Waals surface area contributed by atoms with Gasteiger partial charge in [-0.1, -0.05) is 48.5 Å². The molecule has 0 saturated heterocycles. The van der Waals surface area contributed by atoms with Gasteiger partial charge >= 0.3 is 0 Å². The summed E-state index contributed by atoms with van der Waals surface area (Å²) in [5.41, 5.74) is 4.95. The number of benzene rings is 2. The highest BCUT2D eigenvalue weighted by molar-refractivity contribution is 7.99. The molecule has 6 heteroatoms. The maximum Gasteiger partial charge on any atom is 0.250 e. The number of hydrogen-bond acceptors (Lipinski definition) is 4. The standard InChI is InChI=1S/C19H21N3O2S/c1-15(12-18(23)20-17-10-6-3-7-11-17)21-22-19(24)14-25-13-16-8-4-2-5-9-16/h2-11H,12-14H2,1H3,(H,20,23)(H,22,24)/b21-15-. The molecule has 2 N–H and O–H groups in total. The second-order valence-electron chi connectivity index (χ2n) is 5.45. The number of nitrogens with zero attached hydrogens (tertiary/aromatic N) is 1. The topological polar surface area (TPSA) is 70.6 Å². The molecule has 0 fully saturated rings. The first kappa shape index (κ1) is 18.7. The van der Waals surface area contributed by atoms with Crippen molar-refractivity contribution in [3.63, 3.8) is 0 Å². The van der Waals surface area contributed by atoms with Crippen molar-refractivity contribution in [2.75, 3.05) is 11.1 Å². The molecular formula is C19H21N3O2S. The van der Waals surface area contributed by atoms with Crippen molar-refractivity contribution >= 4 is 35.0 Å². The third-order valence-electron chi connectivity index (χ3n) is 3.19. The molecule has 0 heterocycles. The number of carbonyl (C=O) groups excluding carboxylic acids is 2. The molecule has 2 amide bonds. The number of carbonyl (C=O) groups is 2. The summed E-state index contributed by atoms with van der Waals surface area (Å²) in [5, 5.41) is 6.75. The summed E-state index contributed by atoms with van der Waals surface area (Å²) < 4.78 is 0. The Kier molecular flexibility index (Phi) is 7.72. The van der Waals surface area contributed by atoms with Gasteiger partial charge in [-0.2, -0.15) is 5.10 Å². The summed E-state index contributed by atoms with van der Waals surface area (Å²) in [5.74, 6) is 0.752. The number of hydrazone groups is 1. The molecule has 25 heavy (non-hydrogen) atoms. The molecule has 0 aromatic heterocycles. The Balaban J connectivity index is 1.67. The van der Waals surface area contributed by atoms with Crippen LogP contribution >= 0.6 is 11.8 Å². The van der Waals surface area contributed by atoms with Crippen LogP contribution in [0.15, 0.2) is 65.8 Å². The van der Waals surface area contributed by atoms with Crippen LogP contribution in [0, 0.1) is 0 Å². The lowest BCUT2D eigenvalue weighted by Gasteiger charge is -2.05. The van der Waals surface area contributed by atoms with Gasteiger partial charge in [0.1, 0.15) is 0 Å². The third-order valence-corrected chi connectivity index (χ3v) is 4.19. The van der Waals surface area contributed by atoms with Gasteiger partial charge in [-0.15, -0.1) is 11.8 Å². The Labute approximate surface area is 151 Å². The molecule has 2 aromatic rings. The van der Waals surface area contributed by atoms with Gasteiger partial charge in [0.15, 0.2) is 0 Å². The van der Waals surface area contributed by atoms with E-state index >= 15 is 0 Å². The molecule has 130 valence electrons. The average molecular weight is 355 g/mol. The molecule has 0 aliphatic heterocycles. The first-order valence-electron chi connectivity index (χ1n) is 7.92. The van der Waals surface area contributed by atoms with Crippen molar-refractivity contribution in [2.24, 2.45) is 5.10 Å². The lowest BCUT2D eigenvalue weighted by atomic mass is 10.2. The van der Waals surface area contributed by atoms with Crippen LogP contribution in [0.1, 0.15) is 18.9 Å². The molecule has 5 nitrogen and oxygen atoms in total. The van der Waals surface area contributed by atoms with E-state index in [4.69, 9.17) is 0 Å². The van der Waals surface area contributed by atoms with E-state index in [1.165, 1.54) is 17.3 Å². The number of para-hydroxylation sites is 1. The summed E-state index contributed by atoms with van der Waals surface area (Å²) >= 11 is 1.52. The first-order chi connectivity index (χ1) is 12.1. The minimum absolute atomic E-state index is 0.131. The van der Waals surface area contributed by atoms with Crippen molar-refractivity contribution in [3.05, 3.63) is 66.2 Å². The van der Waals surface area contributed by atoms with Crippen LogP contribution in [0.2, 0.25) is 0 Å². The fourth-order valence-corrected chi connectivity index (χ4v) is 2.80. The highest BCUT2D eigenvalue weighted by Gasteiger charge is 2.06. The van der Waals surface area contributed by atoms with Crippen LogP contribution in [-0.2, 0) is 15.3 Å². The van der Waals surface area contributed by atoms with Crippen LogP contribution in [-0.4, -0.2) is 23.3 Å². The highest BCUT2D eigenvalue weighted by atomic mass is 32.2. The smallest absolute Gasteiger partial charge is 0.250 e. The largest absolute Gasteiger partial charge is 0.326 e. The van der Waals surface area contributed by atoms with Gasteiger partial charge in [-0.3, -0.25) is 9.59 Å². The second kappa shape index (κ2) is 10.3. The van der Waals surface area contributed by atoms with Gasteiger partial charge in [0, 0.05) is 17.2 Å². The van der Waals surface area contributed by atoms with Crippen molar-refractivity contribution in [3.8, 4) is 0 Å². The van der Waals surface area contributed by atoms with E-state index in [1.54, 1.807) is 6.92 Å². The van der Waals surface area contributed by atoms with Crippen molar-refractivity contribution < 1.29 is 9.59 Å². The number of amides is 2. The predicted octanol–water partition coefficient (Wildman–Crippen LogP) is 3.44. The van der Waals surface area contributed by atoms with E-state index in [9.17, 15) is 9.59 Å². The quantitative estimate of drug-likeness (QED) is 0.563. The minimum Gasteiger partial charge on any atom is -0.326 e. The lowest BCUT2D eigenvalue weighted by Crippen LogP contribution is -2.22. The molecular weight excluding hydrogens is 334 g/mol. The lowest BCUT2D eigenvalue weighted by molar-refractivity contribution is -0.118. The summed E-state index contributed by atoms with van der Waals surface area (Å²) in [6, 6.07) is 19.2. The van der Waals surface area contributed by atoms with Crippen LogP contribution in [0.25, 0.3) is 0 Å². The number of anilines is 1. The average Bonchev–Trinajstić information content (AvgIpc) is 2.61. The van der Waals surface area contributed by atoms with Crippen LogP contribution in [0.3, 0.4) is 0 Å². The Morgan fingerprint density at radius 2 is 1.60 bits per heavy atom. The number of rotatable bonds is 8. The van der Waals surface area contributed by atoms with Crippen LogP contribution < -0.4 is 10.7 Å². The zero-order valence-corrected chi connectivity index (χ0v) is 14.9. The Morgan fingerprint density at radius 1 is 0.960 bits per heavy atom. The van der Waals surface area contributed by atoms with E-state index in [-0.39, 0.29) is 18.2 Å². The molecule has 0 aliphatic carbocycles. The molecule has 0 spiro atoms. The third kappa shape index (κ3) is 7.67. The zero-order valence-electron chi connectivity index (χ0n) is 14.1. The summed E-state index contributed by atoms with van der Waals surface area (Å²) in [6.07, 6.45) is 0.131. The summed E-state index contributed by atoms with van der Waals surface area (Å²) in [6.45, 7) is 1.71. The Bertz CT molecular complexity index is 718. The summed E-state index contributed by atoms with van der Waals surface area (Å²) in [4.78, 5) is 23.7. The van der Waals surface area contributed by atoms with Gasteiger partial charge in [-0.25, -0.2) is 5.43 Å². The van der Waals surface area contributed by atoms with E-state index < -0.39 is 0 Å². The van der Waals surface area contributed by atoms with Crippen molar-refractivity contribution in [1.29, 1.82) is 0 Å². The van der Waals surface area contributed by atoms with E-state index in [0.717, 1.165) is 11.4 Å². The zero-order chi connectivity index (χ0) is 17.9. The molecule has 0 atom stereocenters. The second-order valence-corrected chi connectivity index (χ2v) is 6.44. The molecule has 0 unspecified atom stereocenters. The molecule has 0 saturated carbocycles. The highest BCUT2D eigenvalue weighted by Crippen LogP contribution is 2.11. The van der Waals surface area contributed by atoms with Crippen molar-refractivity contribution in [1.82, 2.24) is 5.43 Å². The van der Waals surface area contributed by atoms with Crippen LogP contribution in [0.4, 0.5) is 5.69 Å². The van der Waals surface area contributed by atoms with Gasteiger partial charge in [0.2, 0.25) is 11.8 Å². The van der Waals surface area contributed by atoms with Crippen LogP contribution in [0.5, 0.6) is 0 Å². The Hall–Kier alpha value is -2.60. The van der Waals surface area contributed by atoms with E-state index in [0.29, 0.717) is 11.5 Å². The SMILES string of the molecule is C/C(CC(=O)Nc1ccccc1)=N/NC(=O)CSCc1ccccc1. The van der Waals surface area contributed by atoms with Gasteiger partial charge in [0.05, 0.1) is 12.2 Å². The van der Waals surface area contributed by atoms with Gasteiger partial charge in [-0.05, 0) is 24.6 Å². The first-order valence-corrected chi connectivity index (χ1v) is 9.07. The predicted molar refractivity (Wildman–Crippen MR) is 104 cm³/mol. The molecule has 0 aliphatic rings. The molecule has 2 aromatic carbocycles. The number of nitrogens with one attached hydrogen (secondary N) is 2. The maximum atomic E-state index is 11.9. The van der Waals surface area contributed by atoms with Gasteiger partial charge < -0.3 is 5.32 Å². The fraction of sp³-hybridized carbons (Fsp3) is 0.211. The number of thioether (sulfide) groups is 1. The maximum absolute atomic E-state index is 11.9. The van der Waals surface area contributed by atoms with E-state index in [1.807, 2.05) is 60.7 Å². The number of hydrogen-bond donors (Lipinski definition) is 2. The summed E-state index contributed by atoms with van der Waals surface area (Å²) in [7, 11) is 0. The molecule has 0 radical (unpaired) electrons. The molecule has 0 bridgehead atoms. The normalized spacial score (nSPS) is 11.0. The Morgan fingerprint density at radius 3 is 2.28 bits per heavy atom. The minimum atomic E-state index is -0.177. The fourth-order valence-electron chi connectivity index (χ4n) is 2.02. The van der Waals surface area contributed by atoms with E-state index in [2.05, 4.69) is 15.8 Å². The monoisotopic (exact) mass is 355 g/mol. The van der Waals surface area contributed by atoms with Crippen molar-refractivity contribution in [2.45, 2.75) is 19.1 Å². The van der Waals surface area contributed by atoms with Gasteiger partial charge in [0.25, 0.3) is 0 Å².